The van der Waals surface area contributed by atoms with E-state index in [4.69, 9.17) is 35.4 Å². The quantitative estimate of drug-likeness (QED) is 0.672. The van der Waals surface area contributed by atoms with Crippen LogP contribution in [0.3, 0.4) is 0 Å². The summed E-state index contributed by atoms with van der Waals surface area (Å²) >= 11 is 17.6. The van der Waals surface area contributed by atoms with E-state index in [1.54, 1.807) is 12.3 Å². The largest absolute Gasteiger partial charge is 0.329 e. The Morgan fingerprint density at radius 3 is 2.85 bits per heavy atom. The standard InChI is InChI=1S/C14H11Cl2N3S/c1-8(10-5-4-9(15)7-11(10)16)19-13-12(18-14(19)20)3-2-6-17-13/h2-8H,1H3,(H,18,20). The Kier molecular flexibility index (Phi) is 3.54. The van der Waals surface area contributed by atoms with E-state index in [9.17, 15) is 0 Å². The molecule has 0 amide bonds. The van der Waals surface area contributed by atoms with Gasteiger partial charge < -0.3 is 4.98 Å². The summed E-state index contributed by atoms with van der Waals surface area (Å²) in [5, 5.41) is 1.24. The zero-order chi connectivity index (χ0) is 14.3. The normalized spacial score (nSPS) is 12.8. The number of rotatable bonds is 2. The minimum absolute atomic E-state index is 0.0316. The lowest BCUT2D eigenvalue weighted by Gasteiger charge is -2.16. The molecule has 3 rings (SSSR count). The van der Waals surface area contributed by atoms with Crippen LogP contribution in [0.25, 0.3) is 11.2 Å². The van der Waals surface area contributed by atoms with Gasteiger partial charge in [-0.15, -0.1) is 0 Å². The molecule has 1 atom stereocenters. The van der Waals surface area contributed by atoms with Crippen LogP contribution in [0.4, 0.5) is 0 Å². The van der Waals surface area contributed by atoms with Gasteiger partial charge in [0.2, 0.25) is 0 Å². The summed E-state index contributed by atoms with van der Waals surface area (Å²) in [5.74, 6) is 0. The van der Waals surface area contributed by atoms with Gasteiger partial charge in [-0.2, -0.15) is 0 Å². The number of H-pyrrole nitrogens is 1. The van der Waals surface area contributed by atoms with Crippen LogP contribution in [0.2, 0.25) is 10.0 Å². The number of aromatic amines is 1. The summed E-state index contributed by atoms with van der Waals surface area (Å²) in [6.07, 6.45) is 1.75. The molecule has 0 spiro atoms. The van der Waals surface area contributed by atoms with E-state index in [0.717, 1.165) is 16.7 Å². The molecule has 0 radical (unpaired) electrons. The van der Waals surface area contributed by atoms with Crippen molar-refractivity contribution in [1.29, 1.82) is 0 Å². The third-order valence-electron chi connectivity index (χ3n) is 3.28. The number of hydrogen-bond donors (Lipinski definition) is 1. The Balaban J connectivity index is 2.20. The maximum absolute atomic E-state index is 6.28. The molecular weight excluding hydrogens is 313 g/mol. The van der Waals surface area contributed by atoms with E-state index in [0.29, 0.717) is 14.8 Å². The summed E-state index contributed by atoms with van der Waals surface area (Å²) in [6.45, 7) is 2.03. The van der Waals surface area contributed by atoms with Gasteiger partial charge >= 0.3 is 0 Å². The lowest BCUT2D eigenvalue weighted by Crippen LogP contribution is -2.08. The van der Waals surface area contributed by atoms with Gasteiger partial charge in [-0.05, 0) is 49.0 Å². The number of imidazole rings is 1. The minimum Gasteiger partial charge on any atom is -0.329 e. The van der Waals surface area contributed by atoms with Crippen molar-refractivity contribution >= 4 is 46.6 Å². The van der Waals surface area contributed by atoms with Crippen molar-refractivity contribution in [2.45, 2.75) is 13.0 Å². The molecule has 3 aromatic rings. The van der Waals surface area contributed by atoms with Gasteiger partial charge in [0, 0.05) is 16.2 Å². The summed E-state index contributed by atoms with van der Waals surface area (Å²) in [7, 11) is 0. The zero-order valence-corrected chi connectivity index (χ0v) is 12.9. The van der Waals surface area contributed by atoms with Gasteiger partial charge in [0.05, 0.1) is 11.6 Å². The first-order valence-electron chi connectivity index (χ1n) is 6.08. The third-order valence-corrected chi connectivity index (χ3v) is 4.14. The number of halogens is 2. The van der Waals surface area contributed by atoms with E-state index in [2.05, 4.69) is 9.97 Å². The number of hydrogen-bond acceptors (Lipinski definition) is 2. The van der Waals surface area contributed by atoms with Crippen molar-refractivity contribution in [3.63, 3.8) is 0 Å². The number of benzene rings is 1. The monoisotopic (exact) mass is 323 g/mol. The first-order chi connectivity index (χ1) is 9.58. The topological polar surface area (TPSA) is 33.6 Å². The van der Waals surface area contributed by atoms with Crippen LogP contribution in [0.5, 0.6) is 0 Å². The minimum atomic E-state index is -0.0316. The summed E-state index contributed by atoms with van der Waals surface area (Å²) in [5.41, 5.74) is 2.68. The fourth-order valence-corrected chi connectivity index (χ4v) is 3.22. The number of pyridine rings is 1. The summed E-state index contributed by atoms with van der Waals surface area (Å²) in [4.78, 5) is 7.55. The van der Waals surface area contributed by atoms with Crippen LogP contribution in [0.15, 0.2) is 36.5 Å². The number of nitrogens with one attached hydrogen (secondary N) is 1. The van der Waals surface area contributed by atoms with Gasteiger partial charge in [0.15, 0.2) is 10.4 Å². The second-order valence-electron chi connectivity index (χ2n) is 4.52. The molecule has 102 valence electrons. The van der Waals surface area contributed by atoms with Gasteiger partial charge in [-0.3, -0.25) is 4.57 Å². The van der Waals surface area contributed by atoms with E-state index in [1.165, 1.54) is 0 Å². The SMILES string of the molecule is CC(c1ccc(Cl)cc1Cl)n1c(=S)[nH]c2cccnc21. The van der Waals surface area contributed by atoms with Gasteiger partial charge in [-0.1, -0.05) is 29.3 Å². The number of nitrogens with zero attached hydrogens (tertiary/aromatic N) is 2. The highest BCUT2D eigenvalue weighted by atomic mass is 35.5. The Hall–Kier alpha value is -1.36. The van der Waals surface area contributed by atoms with E-state index < -0.39 is 0 Å². The molecule has 6 heteroatoms. The fourth-order valence-electron chi connectivity index (χ4n) is 2.30. The molecule has 1 aromatic carbocycles. The molecule has 0 bridgehead atoms. The van der Waals surface area contributed by atoms with Gasteiger partial charge in [0.25, 0.3) is 0 Å². The maximum Gasteiger partial charge on any atom is 0.179 e. The predicted octanol–water partition coefficient (Wildman–Crippen LogP) is 5.01. The highest BCUT2D eigenvalue weighted by molar-refractivity contribution is 7.71. The van der Waals surface area contributed by atoms with Crippen LogP contribution in [0, 0.1) is 4.77 Å². The average molecular weight is 324 g/mol. The van der Waals surface area contributed by atoms with Gasteiger partial charge in [0.1, 0.15) is 0 Å². The molecule has 0 fully saturated rings. The number of aromatic nitrogens is 3. The van der Waals surface area contributed by atoms with E-state index >= 15 is 0 Å². The van der Waals surface area contributed by atoms with Crippen LogP contribution in [-0.2, 0) is 0 Å². The molecule has 1 unspecified atom stereocenters. The molecule has 2 aromatic heterocycles. The molecule has 0 aliphatic heterocycles. The van der Waals surface area contributed by atoms with Crippen molar-refractivity contribution in [2.24, 2.45) is 0 Å². The second-order valence-corrected chi connectivity index (χ2v) is 5.75. The molecule has 0 saturated carbocycles. The Labute approximate surface area is 131 Å². The van der Waals surface area contributed by atoms with E-state index in [-0.39, 0.29) is 6.04 Å². The molecule has 2 heterocycles. The summed E-state index contributed by atoms with van der Waals surface area (Å²) < 4.78 is 2.58. The molecule has 0 saturated heterocycles. The van der Waals surface area contributed by atoms with Crippen molar-refractivity contribution < 1.29 is 0 Å². The molecule has 0 aliphatic carbocycles. The molecule has 3 nitrogen and oxygen atoms in total. The lowest BCUT2D eigenvalue weighted by molar-refractivity contribution is 0.644. The molecule has 20 heavy (non-hydrogen) atoms. The van der Waals surface area contributed by atoms with Crippen molar-refractivity contribution in [3.8, 4) is 0 Å². The highest BCUT2D eigenvalue weighted by Gasteiger charge is 2.16. The first-order valence-corrected chi connectivity index (χ1v) is 7.24. The van der Waals surface area contributed by atoms with Crippen molar-refractivity contribution in [1.82, 2.24) is 14.5 Å². The van der Waals surface area contributed by atoms with Crippen LogP contribution in [-0.4, -0.2) is 14.5 Å². The summed E-state index contributed by atoms with van der Waals surface area (Å²) in [6, 6.07) is 9.27. The Morgan fingerprint density at radius 1 is 1.30 bits per heavy atom. The predicted molar refractivity (Wildman–Crippen MR) is 85.2 cm³/mol. The van der Waals surface area contributed by atoms with Crippen molar-refractivity contribution in [3.05, 3.63) is 56.9 Å². The smallest absolute Gasteiger partial charge is 0.179 e. The van der Waals surface area contributed by atoms with Crippen LogP contribution in [0.1, 0.15) is 18.5 Å². The molecule has 1 N–H and O–H groups in total. The number of fused-ring (bicyclic) bond motifs is 1. The molecular formula is C14H11Cl2N3S. The first kappa shape index (κ1) is 13.6. The van der Waals surface area contributed by atoms with Gasteiger partial charge in [-0.25, -0.2) is 4.98 Å². The average Bonchev–Trinajstić information content (AvgIpc) is 2.73. The Morgan fingerprint density at radius 2 is 2.10 bits per heavy atom. The second kappa shape index (κ2) is 5.20. The van der Waals surface area contributed by atoms with E-state index in [1.807, 2.05) is 35.8 Å². The van der Waals surface area contributed by atoms with Crippen molar-refractivity contribution in [2.75, 3.05) is 0 Å². The maximum atomic E-state index is 6.28. The zero-order valence-electron chi connectivity index (χ0n) is 10.6. The highest BCUT2D eigenvalue weighted by Crippen LogP contribution is 2.30. The lowest BCUT2D eigenvalue weighted by atomic mass is 10.1. The van der Waals surface area contributed by atoms with Crippen LogP contribution >= 0.6 is 35.4 Å². The molecule has 0 aliphatic rings. The fraction of sp³-hybridized carbons (Fsp3) is 0.143. The van der Waals surface area contributed by atoms with Crippen LogP contribution < -0.4 is 0 Å². The third kappa shape index (κ3) is 2.24. The Bertz CT molecular complexity index is 838.